The van der Waals surface area contributed by atoms with Crippen molar-refractivity contribution in [2.45, 2.75) is 6.42 Å². The van der Waals surface area contributed by atoms with Gasteiger partial charge in [0.25, 0.3) is 0 Å². The van der Waals surface area contributed by atoms with Crippen LogP contribution in [0.4, 0.5) is 4.39 Å². The average molecular weight is 308 g/mol. The Balaban J connectivity index is 1.60. The van der Waals surface area contributed by atoms with Gasteiger partial charge in [-0.25, -0.2) is 4.39 Å². The second-order valence-electron chi connectivity index (χ2n) is 5.85. The van der Waals surface area contributed by atoms with Crippen LogP contribution < -0.4 is 4.74 Å². The Hall–Kier alpha value is -1.66. The lowest BCUT2D eigenvalue weighted by atomic mass is 9.95. The molecule has 0 saturated carbocycles. The normalized spacial score (nSPS) is 22.1. The van der Waals surface area contributed by atoms with E-state index < -0.39 is 0 Å². The Morgan fingerprint density at radius 2 is 2.09 bits per heavy atom. The topological polar surface area (TPSA) is 53.0 Å². The first kappa shape index (κ1) is 15.2. The number of piperazine rings is 1. The number of halogens is 1. The van der Waals surface area contributed by atoms with E-state index in [1.165, 1.54) is 12.1 Å². The van der Waals surface area contributed by atoms with Gasteiger partial charge in [0.1, 0.15) is 18.2 Å². The molecule has 22 heavy (non-hydrogen) atoms. The molecule has 1 N–H and O–H groups in total. The largest absolute Gasteiger partial charge is 0.492 e. The third-order valence-corrected chi connectivity index (χ3v) is 4.38. The summed E-state index contributed by atoms with van der Waals surface area (Å²) in [6, 6.07) is 4.45. The fourth-order valence-corrected chi connectivity index (χ4v) is 3.11. The highest BCUT2D eigenvalue weighted by molar-refractivity contribution is 5.80. The van der Waals surface area contributed by atoms with E-state index in [2.05, 4.69) is 4.90 Å². The molecule has 1 unspecified atom stereocenters. The number of nitrogens with zero attached hydrogens (tertiary/aromatic N) is 2. The molecular formula is C16H21FN2O3. The highest BCUT2D eigenvalue weighted by Crippen LogP contribution is 2.28. The predicted molar refractivity (Wildman–Crippen MR) is 79.2 cm³/mol. The Labute approximate surface area is 129 Å². The van der Waals surface area contributed by atoms with Gasteiger partial charge in [-0.2, -0.15) is 0 Å². The summed E-state index contributed by atoms with van der Waals surface area (Å²) in [6.45, 7) is 4.06. The molecule has 5 nitrogen and oxygen atoms in total. The number of amides is 1. The third-order valence-electron chi connectivity index (χ3n) is 4.38. The number of aliphatic hydroxyl groups excluding tert-OH is 1. The van der Waals surface area contributed by atoms with E-state index in [1.807, 2.05) is 4.90 Å². The maximum atomic E-state index is 13.3. The van der Waals surface area contributed by atoms with Crippen LogP contribution in [0.3, 0.4) is 0 Å². The van der Waals surface area contributed by atoms with Crippen LogP contribution in [0.15, 0.2) is 18.2 Å². The number of β-amino-alcohol motifs (C(OH)–C–C–N with tert-alkyl or cyclic N) is 1. The number of ether oxygens (including phenoxy) is 1. The number of hydrogen-bond acceptors (Lipinski definition) is 4. The SMILES string of the molecule is O=C(C1COc2ccc(F)cc2C1)N1CCN(CCO)CC1. The first-order chi connectivity index (χ1) is 10.7. The molecule has 0 radical (unpaired) electrons. The van der Waals surface area contributed by atoms with Crippen LogP contribution in [0, 0.1) is 11.7 Å². The number of carbonyl (C=O) groups excluding carboxylic acids is 1. The molecule has 120 valence electrons. The van der Waals surface area contributed by atoms with Crippen LogP contribution >= 0.6 is 0 Å². The highest BCUT2D eigenvalue weighted by Gasteiger charge is 2.31. The van der Waals surface area contributed by atoms with Crippen molar-refractivity contribution in [1.82, 2.24) is 9.80 Å². The first-order valence-electron chi connectivity index (χ1n) is 7.70. The molecule has 6 heteroatoms. The van der Waals surface area contributed by atoms with Crippen LogP contribution in [-0.4, -0.2) is 66.8 Å². The average Bonchev–Trinajstić information content (AvgIpc) is 2.54. The lowest BCUT2D eigenvalue weighted by Gasteiger charge is -2.37. The Kier molecular flexibility index (Phi) is 4.59. The summed E-state index contributed by atoms with van der Waals surface area (Å²) in [5, 5.41) is 8.94. The van der Waals surface area contributed by atoms with Crippen LogP contribution in [0.5, 0.6) is 5.75 Å². The molecule has 1 saturated heterocycles. The monoisotopic (exact) mass is 308 g/mol. The molecule has 1 amide bonds. The van der Waals surface area contributed by atoms with E-state index in [-0.39, 0.29) is 24.2 Å². The van der Waals surface area contributed by atoms with E-state index in [1.54, 1.807) is 6.07 Å². The molecule has 2 heterocycles. The lowest BCUT2D eigenvalue weighted by Crippen LogP contribution is -2.52. The van der Waals surface area contributed by atoms with E-state index in [9.17, 15) is 9.18 Å². The number of rotatable bonds is 3. The van der Waals surface area contributed by atoms with Gasteiger partial charge in [0.05, 0.1) is 12.5 Å². The van der Waals surface area contributed by atoms with E-state index in [0.29, 0.717) is 38.4 Å². The molecule has 1 aromatic carbocycles. The standard InChI is InChI=1S/C16H21FN2O3/c17-14-1-2-15-12(10-14)9-13(11-22-15)16(21)19-5-3-18(4-6-19)7-8-20/h1-2,10,13,20H,3-9,11H2. The van der Waals surface area contributed by atoms with Crippen molar-refractivity contribution in [3.05, 3.63) is 29.6 Å². The molecule has 1 fully saturated rings. The number of hydrogen-bond donors (Lipinski definition) is 1. The van der Waals surface area contributed by atoms with E-state index in [4.69, 9.17) is 9.84 Å². The molecule has 0 aromatic heterocycles. The second-order valence-corrected chi connectivity index (χ2v) is 5.85. The highest BCUT2D eigenvalue weighted by atomic mass is 19.1. The maximum absolute atomic E-state index is 13.3. The van der Waals surface area contributed by atoms with Crippen molar-refractivity contribution >= 4 is 5.91 Å². The van der Waals surface area contributed by atoms with Crippen LogP contribution in [0.1, 0.15) is 5.56 Å². The Morgan fingerprint density at radius 1 is 1.32 bits per heavy atom. The summed E-state index contributed by atoms with van der Waals surface area (Å²) in [7, 11) is 0. The zero-order valence-electron chi connectivity index (χ0n) is 12.5. The summed E-state index contributed by atoms with van der Waals surface area (Å²) < 4.78 is 18.9. The van der Waals surface area contributed by atoms with Gasteiger partial charge in [-0.15, -0.1) is 0 Å². The quantitative estimate of drug-likeness (QED) is 0.884. The van der Waals surface area contributed by atoms with Gasteiger partial charge in [0.2, 0.25) is 5.91 Å². The van der Waals surface area contributed by atoms with Crippen molar-refractivity contribution in [3.8, 4) is 5.75 Å². The molecular weight excluding hydrogens is 287 g/mol. The lowest BCUT2D eigenvalue weighted by molar-refractivity contribution is -0.138. The van der Waals surface area contributed by atoms with E-state index in [0.717, 1.165) is 18.7 Å². The van der Waals surface area contributed by atoms with Gasteiger partial charge in [-0.1, -0.05) is 0 Å². The van der Waals surface area contributed by atoms with Gasteiger partial charge < -0.3 is 14.7 Å². The summed E-state index contributed by atoms with van der Waals surface area (Å²) >= 11 is 0. The van der Waals surface area contributed by atoms with Crippen molar-refractivity contribution in [1.29, 1.82) is 0 Å². The zero-order chi connectivity index (χ0) is 15.5. The number of carbonyl (C=O) groups is 1. The molecule has 1 aromatic rings. The van der Waals surface area contributed by atoms with Crippen molar-refractivity contribution in [2.24, 2.45) is 5.92 Å². The van der Waals surface area contributed by atoms with Crippen molar-refractivity contribution in [3.63, 3.8) is 0 Å². The second kappa shape index (κ2) is 6.62. The molecule has 2 aliphatic heterocycles. The summed E-state index contributed by atoms with van der Waals surface area (Å²) in [6.07, 6.45) is 0.531. The molecule has 0 bridgehead atoms. The molecule has 2 aliphatic rings. The maximum Gasteiger partial charge on any atom is 0.229 e. The van der Waals surface area contributed by atoms with E-state index >= 15 is 0 Å². The fourth-order valence-electron chi connectivity index (χ4n) is 3.11. The molecule has 0 spiro atoms. The van der Waals surface area contributed by atoms with Gasteiger partial charge in [-0.05, 0) is 30.2 Å². The van der Waals surface area contributed by atoms with Crippen molar-refractivity contribution in [2.75, 3.05) is 45.9 Å². The van der Waals surface area contributed by atoms with Gasteiger partial charge in [0, 0.05) is 32.7 Å². The number of benzene rings is 1. The summed E-state index contributed by atoms with van der Waals surface area (Å²) in [5.41, 5.74) is 0.767. The first-order valence-corrected chi connectivity index (χ1v) is 7.70. The van der Waals surface area contributed by atoms with Crippen LogP contribution in [-0.2, 0) is 11.2 Å². The fraction of sp³-hybridized carbons (Fsp3) is 0.562. The summed E-state index contributed by atoms with van der Waals surface area (Å²) in [4.78, 5) is 16.6. The molecule has 3 rings (SSSR count). The number of aliphatic hydroxyl groups is 1. The summed E-state index contributed by atoms with van der Waals surface area (Å²) in [5.74, 6) is 0.225. The molecule has 1 atom stereocenters. The minimum atomic E-state index is -0.298. The van der Waals surface area contributed by atoms with Gasteiger partial charge in [-0.3, -0.25) is 9.69 Å². The predicted octanol–water partition coefficient (Wildman–Crippen LogP) is 0.513. The zero-order valence-corrected chi connectivity index (χ0v) is 12.5. The number of fused-ring (bicyclic) bond motifs is 1. The minimum absolute atomic E-state index is 0.0820. The van der Waals surface area contributed by atoms with Gasteiger partial charge in [0.15, 0.2) is 0 Å². The van der Waals surface area contributed by atoms with Crippen LogP contribution in [0.2, 0.25) is 0 Å². The van der Waals surface area contributed by atoms with Gasteiger partial charge >= 0.3 is 0 Å². The smallest absolute Gasteiger partial charge is 0.229 e. The third kappa shape index (κ3) is 3.23. The van der Waals surface area contributed by atoms with Crippen LogP contribution in [0.25, 0.3) is 0 Å². The minimum Gasteiger partial charge on any atom is -0.492 e. The van der Waals surface area contributed by atoms with Crippen molar-refractivity contribution < 1.29 is 19.0 Å². The Morgan fingerprint density at radius 3 is 2.82 bits per heavy atom. The molecule has 0 aliphatic carbocycles. The Bertz CT molecular complexity index is 544.